The Bertz CT molecular complexity index is 2140. The normalized spacial score (nSPS) is 11.5. The molecule has 0 N–H and O–H groups in total. The third-order valence-corrected chi connectivity index (χ3v) is 8.91. The zero-order chi connectivity index (χ0) is 33.4. The van der Waals surface area contributed by atoms with Gasteiger partial charge in [0.1, 0.15) is 0 Å². The summed E-state index contributed by atoms with van der Waals surface area (Å²) in [6.45, 7) is 4.19. The minimum absolute atomic E-state index is 1.10. The molecule has 0 spiro atoms. The highest BCUT2D eigenvalue weighted by atomic mass is 15.1. The molecular formula is C48H39N. The predicted molar refractivity (Wildman–Crippen MR) is 211 cm³/mol. The molecular weight excluding hydrogens is 591 g/mol. The molecule has 0 radical (unpaired) electrons. The van der Waals surface area contributed by atoms with Crippen molar-refractivity contribution in [3.8, 4) is 44.5 Å². The van der Waals surface area contributed by atoms with Gasteiger partial charge in [-0.1, -0.05) is 152 Å². The first-order valence-corrected chi connectivity index (χ1v) is 16.9. The molecule has 0 atom stereocenters. The molecule has 0 saturated heterocycles. The summed E-state index contributed by atoms with van der Waals surface area (Å²) in [5, 5.41) is 0. The third kappa shape index (κ3) is 6.93. The standard InChI is InChI=1S/C48H39N/c1-3-18-36(4-2)42-31-43(39-23-12-7-13-24-39)33-44(32-42)47-29-14-15-30-48(47)49(45-27-16-25-40(34-45)37-19-8-5-9-20-37)46-28-17-26-41(35-46)38-21-10-6-11-22-38/h3-35H,1-2H3/b18-3-,36-4+. The second kappa shape index (κ2) is 14.7. The Labute approximate surface area is 290 Å². The summed E-state index contributed by atoms with van der Waals surface area (Å²) in [7, 11) is 0. The largest absolute Gasteiger partial charge is 0.310 e. The van der Waals surface area contributed by atoms with E-state index in [-0.39, 0.29) is 0 Å². The van der Waals surface area contributed by atoms with Gasteiger partial charge in [0, 0.05) is 16.9 Å². The molecule has 1 heteroatoms. The minimum atomic E-state index is 1.10. The van der Waals surface area contributed by atoms with Crippen molar-refractivity contribution in [3.63, 3.8) is 0 Å². The van der Waals surface area contributed by atoms with E-state index in [9.17, 15) is 0 Å². The molecule has 7 aromatic rings. The number of hydrogen-bond acceptors (Lipinski definition) is 1. The van der Waals surface area contributed by atoms with Crippen LogP contribution in [0, 0.1) is 0 Å². The fraction of sp³-hybridized carbons (Fsp3) is 0.0417. The van der Waals surface area contributed by atoms with Gasteiger partial charge in [0.2, 0.25) is 0 Å². The maximum Gasteiger partial charge on any atom is 0.0540 e. The van der Waals surface area contributed by atoms with E-state index in [1.54, 1.807) is 0 Å². The number of nitrogens with zero attached hydrogens (tertiary/aromatic N) is 1. The fourth-order valence-corrected chi connectivity index (χ4v) is 6.54. The summed E-state index contributed by atoms with van der Waals surface area (Å²) in [5.74, 6) is 0. The summed E-state index contributed by atoms with van der Waals surface area (Å²) < 4.78 is 0. The van der Waals surface area contributed by atoms with Crippen LogP contribution in [0.1, 0.15) is 19.4 Å². The Morgan fingerprint density at radius 3 is 1.41 bits per heavy atom. The van der Waals surface area contributed by atoms with E-state index in [1.807, 2.05) is 0 Å². The number of para-hydroxylation sites is 1. The van der Waals surface area contributed by atoms with E-state index >= 15 is 0 Å². The average molecular weight is 630 g/mol. The maximum atomic E-state index is 2.41. The van der Waals surface area contributed by atoms with E-state index in [1.165, 1.54) is 50.1 Å². The van der Waals surface area contributed by atoms with Gasteiger partial charge in [-0.05, 0) is 112 Å². The van der Waals surface area contributed by atoms with Gasteiger partial charge >= 0.3 is 0 Å². The Morgan fingerprint density at radius 1 is 0.408 bits per heavy atom. The van der Waals surface area contributed by atoms with Crippen molar-refractivity contribution in [1.29, 1.82) is 0 Å². The molecule has 7 rings (SSSR count). The first-order valence-electron chi connectivity index (χ1n) is 16.9. The van der Waals surface area contributed by atoms with Gasteiger partial charge in [-0.2, -0.15) is 0 Å². The molecule has 236 valence electrons. The SMILES string of the molecule is C/C=C\C(=C/C)c1cc(-c2ccccc2)cc(-c2ccccc2N(c2cccc(-c3ccccc3)c2)c2cccc(-c3ccccc3)c2)c1. The van der Waals surface area contributed by atoms with Crippen molar-refractivity contribution in [1.82, 2.24) is 0 Å². The molecule has 0 aliphatic heterocycles. The van der Waals surface area contributed by atoms with Gasteiger partial charge in [0.25, 0.3) is 0 Å². The van der Waals surface area contributed by atoms with Crippen LogP contribution in [-0.2, 0) is 0 Å². The van der Waals surface area contributed by atoms with Gasteiger partial charge < -0.3 is 4.90 Å². The Kier molecular flexibility index (Phi) is 9.43. The molecule has 49 heavy (non-hydrogen) atoms. The lowest BCUT2D eigenvalue weighted by Crippen LogP contribution is -2.11. The molecule has 0 saturated carbocycles. The van der Waals surface area contributed by atoms with Gasteiger partial charge in [0.05, 0.1) is 5.69 Å². The Morgan fingerprint density at radius 2 is 0.878 bits per heavy atom. The summed E-state index contributed by atoms with van der Waals surface area (Å²) in [6.07, 6.45) is 6.49. The lowest BCUT2D eigenvalue weighted by Gasteiger charge is -2.29. The van der Waals surface area contributed by atoms with Crippen LogP contribution in [0.15, 0.2) is 200 Å². The zero-order valence-corrected chi connectivity index (χ0v) is 28.0. The van der Waals surface area contributed by atoms with Crippen molar-refractivity contribution in [2.75, 3.05) is 4.90 Å². The second-order valence-electron chi connectivity index (χ2n) is 12.1. The molecule has 0 aliphatic rings. The number of allylic oxidation sites excluding steroid dienone is 4. The molecule has 0 amide bonds. The number of rotatable bonds is 9. The molecule has 0 heterocycles. The van der Waals surface area contributed by atoms with Crippen LogP contribution in [0.2, 0.25) is 0 Å². The van der Waals surface area contributed by atoms with Gasteiger partial charge in [-0.25, -0.2) is 0 Å². The van der Waals surface area contributed by atoms with Crippen LogP contribution in [0.25, 0.3) is 50.1 Å². The lowest BCUT2D eigenvalue weighted by atomic mass is 9.92. The van der Waals surface area contributed by atoms with Crippen LogP contribution in [-0.4, -0.2) is 0 Å². The minimum Gasteiger partial charge on any atom is -0.310 e. The highest BCUT2D eigenvalue weighted by molar-refractivity contribution is 5.92. The van der Waals surface area contributed by atoms with Crippen LogP contribution in [0.3, 0.4) is 0 Å². The fourth-order valence-electron chi connectivity index (χ4n) is 6.54. The summed E-state index contributed by atoms with van der Waals surface area (Å²) in [6, 6.07) is 65.4. The maximum absolute atomic E-state index is 2.41. The second-order valence-corrected chi connectivity index (χ2v) is 12.1. The first kappa shape index (κ1) is 31.4. The Balaban J connectivity index is 1.46. The van der Waals surface area contributed by atoms with E-state index in [4.69, 9.17) is 0 Å². The van der Waals surface area contributed by atoms with Crippen molar-refractivity contribution < 1.29 is 0 Å². The highest BCUT2D eigenvalue weighted by Gasteiger charge is 2.19. The smallest absolute Gasteiger partial charge is 0.0540 e. The van der Waals surface area contributed by atoms with E-state index in [0.29, 0.717) is 0 Å². The number of hydrogen-bond donors (Lipinski definition) is 0. The summed E-state index contributed by atoms with van der Waals surface area (Å²) in [4.78, 5) is 2.41. The quantitative estimate of drug-likeness (QED) is 0.144. The molecule has 0 aromatic heterocycles. The van der Waals surface area contributed by atoms with Crippen molar-refractivity contribution in [2.45, 2.75) is 13.8 Å². The van der Waals surface area contributed by atoms with Crippen LogP contribution in [0.5, 0.6) is 0 Å². The summed E-state index contributed by atoms with van der Waals surface area (Å²) >= 11 is 0. The van der Waals surface area contributed by atoms with Crippen LogP contribution < -0.4 is 4.90 Å². The summed E-state index contributed by atoms with van der Waals surface area (Å²) in [5.41, 5.74) is 15.2. The number of anilines is 3. The molecule has 0 fully saturated rings. The average Bonchev–Trinajstić information content (AvgIpc) is 3.18. The monoisotopic (exact) mass is 629 g/mol. The molecule has 0 bridgehead atoms. The van der Waals surface area contributed by atoms with E-state index in [2.05, 4.69) is 219 Å². The Hall–Kier alpha value is -6.18. The topological polar surface area (TPSA) is 3.24 Å². The van der Waals surface area contributed by atoms with Crippen LogP contribution in [0.4, 0.5) is 17.1 Å². The lowest BCUT2D eigenvalue weighted by molar-refractivity contribution is 1.28. The zero-order valence-electron chi connectivity index (χ0n) is 28.0. The van der Waals surface area contributed by atoms with E-state index in [0.717, 1.165) is 22.6 Å². The highest BCUT2D eigenvalue weighted by Crippen LogP contribution is 2.44. The van der Waals surface area contributed by atoms with Crippen molar-refractivity contribution in [2.24, 2.45) is 0 Å². The third-order valence-electron chi connectivity index (χ3n) is 8.91. The van der Waals surface area contributed by atoms with Crippen molar-refractivity contribution >= 4 is 22.6 Å². The van der Waals surface area contributed by atoms with Crippen LogP contribution >= 0.6 is 0 Å². The molecule has 7 aromatic carbocycles. The predicted octanol–water partition coefficient (Wildman–Crippen LogP) is 13.8. The van der Waals surface area contributed by atoms with Crippen molar-refractivity contribution in [3.05, 3.63) is 206 Å². The molecule has 1 nitrogen and oxygen atoms in total. The van der Waals surface area contributed by atoms with Gasteiger partial charge in [-0.3, -0.25) is 0 Å². The van der Waals surface area contributed by atoms with Gasteiger partial charge in [-0.15, -0.1) is 0 Å². The van der Waals surface area contributed by atoms with Gasteiger partial charge in [0.15, 0.2) is 0 Å². The molecule has 0 unspecified atom stereocenters. The number of benzene rings is 7. The first-order chi connectivity index (χ1) is 24.2. The van der Waals surface area contributed by atoms with E-state index < -0.39 is 0 Å². The molecule has 0 aliphatic carbocycles.